The van der Waals surface area contributed by atoms with Crippen molar-refractivity contribution in [3.05, 3.63) is 29.8 Å². The molecule has 2 saturated carbocycles. The lowest BCUT2D eigenvalue weighted by atomic mass is 9.85. The van der Waals surface area contributed by atoms with Crippen LogP contribution in [0, 0.1) is 29.4 Å². The number of hydrogen-bond acceptors (Lipinski definition) is 3. The molecule has 1 aromatic rings. The van der Waals surface area contributed by atoms with Gasteiger partial charge in [0.1, 0.15) is 17.3 Å². The Morgan fingerprint density at radius 1 is 1.13 bits per heavy atom. The first-order valence-corrected chi connectivity index (χ1v) is 7.68. The van der Waals surface area contributed by atoms with Crippen LogP contribution in [-0.2, 0) is 9.59 Å². The molecule has 0 saturated heterocycles. The van der Waals surface area contributed by atoms with E-state index in [2.05, 4.69) is 5.32 Å². The highest BCUT2D eigenvalue weighted by Crippen LogP contribution is 2.48. The average Bonchev–Trinajstić information content (AvgIpc) is 3.12. The quantitative estimate of drug-likeness (QED) is 0.736. The number of amides is 2. The molecule has 2 aliphatic rings. The number of benzene rings is 1. The Morgan fingerprint density at radius 2 is 1.78 bits per heavy atom. The predicted molar refractivity (Wildman–Crippen MR) is 78.3 cm³/mol. The molecular weight excluding hydrogens is 306 g/mol. The number of fused-ring (bicyclic) bond motifs is 2. The first kappa shape index (κ1) is 15.9. The second-order valence-electron chi connectivity index (χ2n) is 6.23. The van der Waals surface area contributed by atoms with Crippen LogP contribution in [0.4, 0.5) is 14.5 Å². The zero-order valence-corrected chi connectivity index (χ0v) is 12.4. The number of nitrogens with one attached hydrogen (secondary N) is 2. The van der Waals surface area contributed by atoms with Crippen molar-refractivity contribution in [2.45, 2.75) is 25.3 Å². The molecule has 2 fully saturated rings. The largest absolute Gasteiger partial charge is 0.396 e. The fraction of sp³-hybridized carbons (Fsp3) is 0.500. The van der Waals surface area contributed by atoms with Crippen LogP contribution in [-0.4, -0.2) is 29.6 Å². The van der Waals surface area contributed by atoms with E-state index < -0.39 is 29.1 Å². The summed E-state index contributed by atoms with van der Waals surface area (Å²) in [7, 11) is 0. The Labute approximate surface area is 132 Å². The average molecular weight is 324 g/mol. The summed E-state index contributed by atoms with van der Waals surface area (Å²) in [6.07, 6.45) is 2.91. The van der Waals surface area contributed by atoms with Crippen molar-refractivity contribution in [1.82, 2.24) is 5.32 Å². The molecule has 23 heavy (non-hydrogen) atoms. The summed E-state index contributed by atoms with van der Waals surface area (Å²) < 4.78 is 27.0. The van der Waals surface area contributed by atoms with E-state index in [-0.39, 0.29) is 24.5 Å². The summed E-state index contributed by atoms with van der Waals surface area (Å²) >= 11 is 0. The highest BCUT2D eigenvalue weighted by Gasteiger charge is 2.48. The molecule has 2 aliphatic carbocycles. The molecule has 2 bridgehead atoms. The van der Waals surface area contributed by atoms with Crippen LogP contribution in [0.5, 0.6) is 0 Å². The number of aliphatic hydroxyl groups is 1. The number of hydrogen-bond donors (Lipinski definition) is 3. The van der Waals surface area contributed by atoms with E-state index in [9.17, 15) is 23.5 Å². The third-order valence-electron chi connectivity index (χ3n) is 5.00. The number of halogens is 2. The van der Waals surface area contributed by atoms with Crippen LogP contribution in [0.1, 0.15) is 19.3 Å². The lowest BCUT2D eigenvalue weighted by Gasteiger charge is -2.30. The van der Waals surface area contributed by atoms with E-state index in [1.54, 1.807) is 0 Å². The third-order valence-corrected chi connectivity index (χ3v) is 5.00. The summed E-state index contributed by atoms with van der Waals surface area (Å²) in [5.74, 6) is -3.40. The van der Waals surface area contributed by atoms with Crippen LogP contribution in [0.15, 0.2) is 18.2 Å². The van der Waals surface area contributed by atoms with Gasteiger partial charge >= 0.3 is 11.8 Å². The van der Waals surface area contributed by atoms with E-state index in [0.717, 1.165) is 31.4 Å². The van der Waals surface area contributed by atoms with Crippen molar-refractivity contribution < 1.29 is 23.5 Å². The van der Waals surface area contributed by atoms with Crippen molar-refractivity contribution in [2.24, 2.45) is 17.8 Å². The molecule has 7 heteroatoms. The van der Waals surface area contributed by atoms with Gasteiger partial charge in [-0.15, -0.1) is 0 Å². The Hall–Kier alpha value is -2.02. The van der Waals surface area contributed by atoms with Gasteiger partial charge in [0.2, 0.25) is 0 Å². The standard InChI is InChI=1S/C16H18F2N2O3/c17-11-2-1-3-12(18)14(11)20-16(23)15(22)19-13-9-5-4-8(6-9)10(13)7-21/h1-3,8-10,13,21H,4-7H2,(H,19,22)(H,20,23)/t8-,9-,10-,13+/m0/s1. The first-order chi connectivity index (χ1) is 11.0. The first-order valence-electron chi connectivity index (χ1n) is 7.68. The van der Waals surface area contributed by atoms with Crippen LogP contribution in [0.3, 0.4) is 0 Å². The normalized spacial score (nSPS) is 28.7. The second kappa shape index (κ2) is 6.23. The van der Waals surface area contributed by atoms with Gasteiger partial charge in [0, 0.05) is 18.6 Å². The number of rotatable bonds is 3. The summed E-state index contributed by atoms with van der Waals surface area (Å²) in [5, 5.41) is 14.0. The molecule has 1 aromatic carbocycles. The fourth-order valence-corrected chi connectivity index (χ4v) is 3.90. The van der Waals surface area contributed by atoms with E-state index >= 15 is 0 Å². The minimum absolute atomic E-state index is 0.0460. The number of para-hydroxylation sites is 1. The summed E-state index contributed by atoms with van der Waals surface area (Å²) in [6.45, 7) is -0.0460. The molecule has 0 aromatic heterocycles. The van der Waals surface area contributed by atoms with Gasteiger partial charge in [-0.2, -0.15) is 0 Å². The van der Waals surface area contributed by atoms with Gasteiger partial charge in [0.15, 0.2) is 0 Å². The Bertz CT molecular complexity index is 618. The molecule has 0 spiro atoms. The Balaban J connectivity index is 1.65. The minimum atomic E-state index is -1.12. The molecule has 3 N–H and O–H groups in total. The van der Waals surface area contributed by atoms with Crippen LogP contribution >= 0.6 is 0 Å². The number of carbonyl (C=O) groups is 2. The van der Waals surface area contributed by atoms with Crippen molar-refractivity contribution in [3.63, 3.8) is 0 Å². The fourth-order valence-electron chi connectivity index (χ4n) is 3.90. The lowest BCUT2D eigenvalue weighted by Crippen LogP contribution is -2.48. The molecule has 0 unspecified atom stereocenters. The van der Waals surface area contributed by atoms with Gasteiger partial charge in [-0.3, -0.25) is 9.59 Å². The van der Waals surface area contributed by atoms with Gasteiger partial charge in [-0.25, -0.2) is 8.78 Å². The lowest BCUT2D eigenvalue weighted by molar-refractivity contribution is -0.137. The summed E-state index contributed by atoms with van der Waals surface area (Å²) in [5.41, 5.74) is -0.640. The molecule has 124 valence electrons. The highest BCUT2D eigenvalue weighted by molar-refractivity contribution is 6.39. The summed E-state index contributed by atoms with van der Waals surface area (Å²) in [6, 6.07) is 2.90. The molecule has 3 rings (SSSR count). The third kappa shape index (κ3) is 2.93. The van der Waals surface area contributed by atoms with E-state index in [1.807, 2.05) is 5.32 Å². The zero-order chi connectivity index (χ0) is 16.6. The second-order valence-corrected chi connectivity index (χ2v) is 6.23. The van der Waals surface area contributed by atoms with Gasteiger partial charge in [-0.05, 0) is 43.2 Å². The molecule has 0 heterocycles. The maximum Gasteiger partial charge on any atom is 0.313 e. The smallest absolute Gasteiger partial charge is 0.313 e. The SMILES string of the molecule is O=C(Nc1c(F)cccc1F)C(=O)N[C@@H]1[C@H]2CC[C@@H](C2)[C@@H]1CO. The molecule has 5 nitrogen and oxygen atoms in total. The van der Waals surface area contributed by atoms with E-state index in [4.69, 9.17) is 0 Å². The molecular formula is C16H18F2N2O3. The van der Waals surface area contributed by atoms with Crippen LogP contribution < -0.4 is 10.6 Å². The number of carbonyl (C=O) groups excluding carboxylic acids is 2. The molecule has 0 aliphatic heterocycles. The van der Waals surface area contributed by atoms with Gasteiger partial charge in [0.25, 0.3) is 0 Å². The predicted octanol–water partition coefficient (Wildman–Crippen LogP) is 1.43. The van der Waals surface area contributed by atoms with E-state index in [1.165, 1.54) is 6.07 Å². The maximum atomic E-state index is 13.5. The van der Waals surface area contributed by atoms with Crippen LogP contribution in [0.25, 0.3) is 0 Å². The Morgan fingerprint density at radius 3 is 2.43 bits per heavy atom. The van der Waals surface area contributed by atoms with Crippen molar-refractivity contribution in [3.8, 4) is 0 Å². The molecule has 4 atom stereocenters. The highest BCUT2D eigenvalue weighted by atomic mass is 19.1. The van der Waals surface area contributed by atoms with Gasteiger partial charge in [0.05, 0.1) is 0 Å². The maximum absolute atomic E-state index is 13.5. The monoisotopic (exact) mass is 324 g/mol. The summed E-state index contributed by atoms with van der Waals surface area (Å²) in [4.78, 5) is 23.9. The zero-order valence-electron chi connectivity index (χ0n) is 12.4. The van der Waals surface area contributed by atoms with Crippen molar-refractivity contribution in [2.75, 3.05) is 11.9 Å². The van der Waals surface area contributed by atoms with Crippen molar-refractivity contribution in [1.29, 1.82) is 0 Å². The minimum Gasteiger partial charge on any atom is -0.396 e. The number of aliphatic hydroxyl groups excluding tert-OH is 1. The number of anilines is 1. The van der Waals surface area contributed by atoms with Gasteiger partial charge < -0.3 is 15.7 Å². The Kier molecular flexibility index (Phi) is 4.30. The van der Waals surface area contributed by atoms with E-state index in [0.29, 0.717) is 5.92 Å². The molecule has 2 amide bonds. The van der Waals surface area contributed by atoms with Crippen molar-refractivity contribution >= 4 is 17.5 Å². The topological polar surface area (TPSA) is 78.4 Å². The van der Waals surface area contributed by atoms with Crippen LogP contribution in [0.2, 0.25) is 0 Å². The molecule has 0 radical (unpaired) electrons. The van der Waals surface area contributed by atoms with Gasteiger partial charge in [-0.1, -0.05) is 6.07 Å².